The second kappa shape index (κ2) is 12.0. The summed E-state index contributed by atoms with van der Waals surface area (Å²) in [5.74, 6) is 1.15. The summed E-state index contributed by atoms with van der Waals surface area (Å²) in [5.41, 5.74) is 2.00. The molecule has 13 heteroatoms. The molecular formula is C25H31N7O5S. The van der Waals surface area contributed by atoms with Crippen molar-refractivity contribution in [1.82, 2.24) is 19.9 Å². The van der Waals surface area contributed by atoms with E-state index in [0.29, 0.717) is 56.3 Å². The number of methoxy groups -OCH3 is 2. The summed E-state index contributed by atoms with van der Waals surface area (Å²) >= 11 is 0. The Morgan fingerprint density at radius 2 is 1.66 bits per heavy atom. The molecule has 38 heavy (non-hydrogen) atoms. The van der Waals surface area contributed by atoms with Gasteiger partial charge in [0, 0.05) is 51.3 Å². The van der Waals surface area contributed by atoms with Crippen LogP contribution in [0.25, 0.3) is 0 Å². The third-order valence-corrected chi connectivity index (χ3v) is 7.21. The summed E-state index contributed by atoms with van der Waals surface area (Å²) < 4.78 is 34.8. The van der Waals surface area contributed by atoms with Gasteiger partial charge in [-0.1, -0.05) is 12.1 Å². The molecule has 202 valence electrons. The van der Waals surface area contributed by atoms with E-state index in [9.17, 15) is 13.2 Å². The minimum atomic E-state index is -3.44. The van der Waals surface area contributed by atoms with Gasteiger partial charge in [0.25, 0.3) is 0 Å². The molecule has 1 amide bonds. The largest absolute Gasteiger partial charge is 0.494 e. The highest BCUT2D eigenvalue weighted by Gasteiger charge is 2.22. The predicted octanol–water partition coefficient (Wildman–Crippen LogP) is 2.46. The van der Waals surface area contributed by atoms with Crippen LogP contribution in [-0.2, 0) is 19.4 Å². The monoisotopic (exact) mass is 541 g/mol. The molecule has 0 saturated carbocycles. The van der Waals surface area contributed by atoms with Crippen LogP contribution in [0.3, 0.4) is 0 Å². The lowest BCUT2D eigenvalue weighted by atomic mass is 10.2. The number of sulfone groups is 1. The molecule has 3 aromatic rings. The number of amides is 1. The fraction of sp³-hybridized carbons (Fsp3) is 0.360. The molecule has 0 bridgehead atoms. The first-order valence-electron chi connectivity index (χ1n) is 12.0. The van der Waals surface area contributed by atoms with Gasteiger partial charge < -0.3 is 29.9 Å². The summed E-state index contributed by atoms with van der Waals surface area (Å²) in [5, 5.41) is 6.09. The number of carbonyl (C=O) groups excluding carboxylic acids is 1. The summed E-state index contributed by atoms with van der Waals surface area (Å²) in [6.07, 6.45) is 2.87. The molecule has 0 unspecified atom stereocenters. The predicted molar refractivity (Wildman–Crippen MR) is 144 cm³/mol. The van der Waals surface area contributed by atoms with E-state index in [-0.39, 0.29) is 22.7 Å². The zero-order chi connectivity index (χ0) is 27.1. The summed E-state index contributed by atoms with van der Waals surface area (Å²) in [4.78, 5) is 29.1. The van der Waals surface area contributed by atoms with E-state index >= 15 is 0 Å². The van der Waals surface area contributed by atoms with Crippen LogP contribution in [0.4, 0.5) is 29.0 Å². The summed E-state index contributed by atoms with van der Waals surface area (Å²) in [6, 6.07) is 12.3. The highest BCUT2D eigenvalue weighted by molar-refractivity contribution is 7.90. The molecule has 4 rings (SSSR count). The molecule has 1 aliphatic heterocycles. The molecule has 0 aliphatic carbocycles. The molecule has 0 atom stereocenters. The number of rotatable bonds is 10. The normalized spacial score (nSPS) is 13.8. The van der Waals surface area contributed by atoms with Crippen LogP contribution >= 0.6 is 0 Å². The fourth-order valence-electron chi connectivity index (χ4n) is 4.09. The van der Waals surface area contributed by atoms with Gasteiger partial charge in [0.2, 0.25) is 17.8 Å². The van der Waals surface area contributed by atoms with Crippen molar-refractivity contribution in [3.8, 4) is 5.75 Å². The highest BCUT2D eigenvalue weighted by Crippen LogP contribution is 2.32. The lowest BCUT2D eigenvalue weighted by Gasteiger charge is -2.36. The maximum absolute atomic E-state index is 12.3. The van der Waals surface area contributed by atoms with Gasteiger partial charge in [0.1, 0.15) is 12.1 Å². The Morgan fingerprint density at radius 3 is 2.32 bits per heavy atom. The number of hydrogen-bond acceptors (Lipinski definition) is 11. The van der Waals surface area contributed by atoms with Crippen molar-refractivity contribution in [2.45, 2.75) is 11.3 Å². The lowest BCUT2D eigenvalue weighted by molar-refractivity contribution is -0.132. The molecule has 2 N–H and O–H groups in total. The molecule has 0 spiro atoms. The van der Waals surface area contributed by atoms with Crippen LogP contribution in [0.1, 0.15) is 6.42 Å². The van der Waals surface area contributed by atoms with Crippen molar-refractivity contribution in [3.63, 3.8) is 0 Å². The average molecular weight is 542 g/mol. The van der Waals surface area contributed by atoms with Crippen LogP contribution in [0.15, 0.2) is 53.7 Å². The van der Waals surface area contributed by atoms with E-state index in [0.717, 1.165) is 11.9 Å². The van der Waals surface area contributed by atoms with Gasteiger partial charge in [0.05, 0.1) is 36.4 Å². The molecule has 0 radical (unpaired) electrons. The first-order valence-corrected chi connectivity index (χ1v) is 13.9. The fourth-order valence-corrected chi connectivity index (χ4v) is 4.94. The third kappa shape index (κ3) is 6.66. The van der Waals surface area contributed by atoms with Gasteiger partial charge >= 0.3 is 0 Å². The Labute approximate surface area is 221 Å². The van der Waals surface area contributed by atoms with Crippen LogP contribution in [-0.4, -0.2) is 87.4 Å². The van der Waals surface area contributed by atoms with E-state index in [1.165, 1.54) is 12.4 Å². The number of nitrogens with one attached hydrogen (secondary N) is 2. The van der Waals surface area contributed by atoms with Gasteiger partial charge in [-0.2, -0.15) is 4.98 Å². The van der Waals surface area contributed by atoms with Gasteiger partial charge in [-0.25, -0.2) is 18.4 Å². The van der Waals surface area contributed by atoms with E-state index in [1.54, 1.807) is 32.4 Å². The lowest BCUT2D eigenvalue weighted by Crippen LogP contribution is -2.49. The number of aromatic nitrogens is 3. The van der Waals surface area contributed by atoms with Gasteiger partial charge in [-0.15, -0.1) is 0 Å². The van der Waals surface area contributed by atoms with Crippen molar-refractivity contribution in [3.05, 3.63) is 48.8 Å². The number of nitrogens with zero attached hydrogens (tertiary/aromatic N) is 5. The molecule has 1 fully saturated rings. The van der Waals surface area contributed by atoms with E-state index < -0.39 is 9.84 Å². The van der Waals surface area contributed by atoms with E-state index in [2.05, 4.69) is 30.5 Å². The van der Waals surface area contributed by atoms with Gasteiger partial charge in [0.15, 0.2) is 9.84 Å². The number of benzene rings is 2. The van der Waals surface area contributed by atoms with Crippen molar-refractivity contribution >= 4 is 44.7 Å². The Morgan fingerprint density at radius 1 is 0.974 bits per heavy atom. The zero-order valence-corrected chi connectivity index (χ0v) is 22.4. The minimum Gasteiger partial charge on any atom is -0.494 e. The van der Waals surface area contributed by atoms with Crippen LogP contribution in [0, 0.1) is 0 Å². The number of carbonyl (C=O) groups is 1. The Hall–Kier alpha value is -3.97. The molecule has 12 nitrogen and oxygen atoms in total. The number of piperazine rings is 1. The average Bonchev–Trinajstić information content (AvgIpc) is 2.92. The SMILES string of the molecule is COCCC(=O)N1CCN(c2ccc(Nc3ncnc(Nc4ccccc4S(C)(=O)=O)n3)c(OC)c2)CC1. The molecular weight excluding hydrogens is 510 g/mol. The van der Waals surface area contributed by atoms with Gasteiger partial charge in [-0.05, 0) is 24.3 Å². The number of para-hydroxylation sites is 1. The molecule has 1 aromatic heterocycles. The number of anilines is 5. The number of ether oxygens (including phenoxy) is 2. The second-order valence-electron chi connectivity index (χ2n) is 8.65. The first-order chi connectivity index (χ1) is 18.3. The zero-order valence-electron chi connectivity index (χ0n) is 21.5. The summed E-state index contributed by atoms with van der Waals surface area (Å²) in [6.45, 7) is 3.15. The molecule has 1 aliphatic rings. The second-order valence-corrected chi connectivity index (χ2v) is 10.6. The topological polar surface area (TPSA) is 139 Å². The first kappa shape index (κ1) is 27.1. The maximum atomic E-state index is 12.3. The molecule has 1 saturated heterocycles. The quantitative estimate of drug-likeness (QED) is 0.391. The highest BCUT2D eigenvalue weighted by atomic mass is 32.2. The standard InChI is InChI=1S/C25H31N7O5S/c1-36-15-10-23(33)32-13-11-31(12-14-32)18-8-9-19(21(16-18)37-2)28-24-26-17-27-25(30-24)29-20-6-4-5-7-22(20)38(3,34)35/h4-9,16-17H,10-15H2,1-3H3,(H2,26,27,28,29,30). The Bertz CT molecular complexity index is 1380. The minimum absolute atomic E-state index is 0.106. The van der Waals surface area contributed by atoms with Crippen molar-refractivity contribution in [2.24, 2.45) is 0 Å². The van der Waals surface area contributed by atoms with Crippen LogP contribution < -0.4 is 20.3 Å². The van der Waals surface area contributed by atoms with E-state index in [4.69, 9.17) is 9.47 Å². The Balaban J connectivity index is 1.44. The molecule has 2 heterocycles. The van der Waals surface area contributed by atoms with Crippen LogP contribution in [0.2, 0.25) is 0 Å². The van der Waals surface area contributed by atoms with Crippen LogP contribution in [0.5, 0.6) is 5.75 Å². The maximum Gasteiger partial charge on any atom is 0.232 e. The van der Waals surface area contributed by atoms with Crippen molar-refractivity contribution < 1.29 is 22.7 Å². The summed E-state index contributed by atoms with van der Waals surface area (Å²) in [7, 11) is -0.265. The molecule has 2 aromatic carbocycles. The van der Waals surface area contributed by atoms with E-state index in [1.807, 2.05) is 23.1 Å². The Kier molecular flexibility index (Phi) is 8.59. The van der Waals surface area contributed by atoms with Gasteiger partial charge in [-0.3, -0.25) is 4.79 Å². The van der Waals surface area contributed by atoms with Crippen molar-refractivity contribution in [1.29, 1.82) is 0 Å². The van der Waals surface area contributed by atoms with Crippen molar-refractivity contribution in [2.75, 3.05) is 68.8 Å². The third-order valence-electron chi connectivity index (χ3n) is 6.05. The number of hydrogen-bond donors (Lipinski definition) is 2. The smallest absolute Gasteiger partial charge is 0.232 e.